The lowest BCUT2D eigenvalue weighted by Crippen LogP contribution is -2.18. The normalized spacial score (nSPS) is 15.8. The Morgan fingerprint density at radius 3 is 2.71 bits per heavy atom. The van der Waals surface area contributed by atoms with E-state index in [1.165, 1.54) is 16.7 Å². The Morgan fingerprint density at radius 2 is 1.95 bits per heavy atom. The minimum absolute atomic E-state index is 0.293. The van der Waals surface area contributed by atoms with Crippen molar-refractivity contribution in [3.8, 4) is 0 Å². The van der Waals surface area contributed by atoms with Crippen molar-refractivity contribution in [2.24, 2.45) is 0 Å². The molecule has 1 aliphatic rings. The monoisotopic (exact) mass is 279 g/mol. The number of amides is 1. The molecule has 3 rings (SSSR count). The fourth-order valence-corrected chi connectivity index (χ4v) is 2.78. The van der Waals surface area contributed by atoms with E-state index in [1.807, 2.05) is 6.07 Å². The lowest BCUT2D eigenvalue weighted by atomic mass is 9.92. The van der Waals surface area contributed by atoms with Crippen molar-refractivity contribution in [2.45, 2.75) is 18.8 Å². The average molecular weight is 279 g/mol. The summed E-state index contributed by atoms with van der Waals surface area (Å²) < 4.78 is 0. The lowest BCUT2D eigenvalue weighted by Gasteiger charge is -2.12. The van der Waals surface area contributed by atoms with Gasteiger partial charge in [0.15, 0.2) is 0 Å². The molecule has 1 atom stereocenters. The predicted octanol–water partition coefficient (Wildman–Crippen LogP) is 3.28. The van der Waals surface area contributed by atoms with E-state index in [9.17, 15) is 4.79 Å². The summed E-state index contributed by atoms with van der Waals surface area (Å²) in [5.74, 6) is -0.0378. The summed E-state index contributed by atoms with van der Waals surface area (Å²) in [5, 5.41) is 8.52. The zero-order chi connectivity index (χ0) is 14.7. The van der Waals surface area contributed by atoms with Gasteiger partial charge in [-0.3, -0.25) is 10.0 Å². The molecule has 1 amide bonds. The molecule has 2 aromatic rings. The van der Waals surface area contributed by atoms with Crippen molar-refractivity contribution in [3.05, 3.63) is 76.9 Å². The lowest BCUT2D eigenvalue weighted by molar-refractivity contribution is -0.129. The van der Waals surface area contributed by atoms with Gasteiger partial charge in [0.2, 0.25) is 5.91 Å². The van der Waals surface area contributed by atoms with Gasteiger partial charge in [-0.05, 0) is 28.7 Å². The molecule has 2 N–H and O–H groups in total. The van der Waals surface area contributed by atoms with E-state index in [0.29, 0.717) is 18.8 Å². The molecule has 0 saturated carbocycles. The van der Waals surface area contributed by atoms with Gasteiger partial charge in [0.25, 0.3) is 0 Å². The van der Waals surface area contributed by atoms with E-state index in [0.717, 1.165) is 5.56 Å². The first-order chi connectivity index (χ1) is 10.3. The van der Waals surface area contributed by atoms with Gasteiger partial charge in [0, 0.05) is 12.3 Å². The molecule has 0 aromatic heterocycles. The van der Waals surface area contributed by atoms with Crippen LogP contribution < -0.4 is 5.48 Å². The van der Waals surface area contributed by atoms with Gasteiger partial charge in [-0.1, -0.05) is 60.7 Å². The third kappa shape index (κ3) is 2.88. The van der Waals surface area contributed by atoms with Gasteiger partial charge < -0.3 is 0 Å². The zero-order valence-corrected chi connectivity index (χ0v) is 11.6. The van der Waals surface area contributed by atoms with Crippen molar-refractivity contribution >= 4 is 12.0 Å². The molecular weight excluding hydrogens is 262 g/mol. The first kappa shape index (κ1) is 13.6. The first-order valence-electron chi connectivity index (χ1n) is 7.07. The topological polar surface area (TPSA) is 49.3 Å². The van der Waals surface area contributed by atoms with Crippen LogP contribution in [0.1, 0.15) is 34.6 Å². The van der Waals surface area contributed by atoms with Crippen LogP contribution in [0.25, 0.3) is 6.08 Å². The van der Waals surface area contributed by atoms with Crippen LogP contribution in [-0.2, 0) is 11.2 Å². The fourth-order valence-electron chi connectivity index (χ4n) is 2.78. The Balaban J connectivity index is 1.79. The molecule has 0 fully saturated rings. The van der Waals surface area contributed by atoms with Crippen LogP contribution in [-0.4, -0.2) is 11.1 Å². The maximum Gasteiger partial charge on any atom is 0.243 e. The number of hydrogen-bond acceptors (Lipinski definition) is 2. The summed E-state index contributed by atoms with van der Waals surface area (Å²) in [6.45, 7) is 0. The number of carbonyl (C=O) groups excluding carboxylic acids is 1. The smallest absolute Gasteiger partial charge is 0.243 e. The molecule has 3 heteroatoms. The van der Waals surface area contributed by atoms with Gasteiger partial charge in [0.1, 0.15) is 0 Å². The first-order valence-corrected chi connectivity index (χ1v) is 7.07. The molecular formula is C18H17NO2. The van der Waals surface area contributed by atoms with E-state index in [1.54, 1.807) is 5.48 Å². The molecule has 0 heterocycles. The Labute approximate surface area is 123 Å². The average Bonchev–Trinajstić information content (AvgIpc) is 2.96. The molecule has 21 heavy (non-hydrogen) atoms. The van der Waals surface area contributed by atoms with Gasteiger partial charge >= 0.3 is 0 Å². The molecule has 3 nitrogen and oxygen atoms in total. The molecule has 1 unspecified atom stereocenters. The predicted molar refractivity (Wildman–Crippen MR) is 82.0 cm³/mol. The summed E-state index contributed by atoms with van der Waals surface area (Å²) in [4.78, 5) is 11.1. The molecule has 0 aliphatic heterocycles. The number of fused-ring (bicyclic) bond motifs is 1. The van der Waals surface area contributed by atoms with Crippen molar-refractivity contribution in [2.75, 3.05) is 0 Å². The second-order valence-corrected chi connectivity index (χ2v) is 5.25. The van der Waals surface area contributed by atoms with Crippen LogP contribution in [0.2, 0.25) is 0 Å². The van der Waals surface area contributed by atoms with Crippen LogP contribution >= 0.6 is 0 Å². The highest BCUT2D eigenvalue weighted by Gasteiger charge is 2.18. The number of nitrogens with one attached hydrogen (secondary N) is 1. The number of hydroxylamine groups is 1. The second kappa shape index (κ2) is 5.94. The molecule has 0 saturated heterocycles. The second-order valence-electron chi connectivity index (χ2n) is 5.25. The Bertz CT molecular complexity index is 677. The molecule has 106 valence electrons. The Morgan fingerprint density at radius 1 is 1.14 bits per heavy atom. The van der Waals surface area contributed by atoms with Crippen LogP contribution in [0.4, 0.5) is 0 Å². The zero-order valence-electron chi connectivity index (χ0n) is 11.6. The van der Waals surface area contributed by atoms with Gasteiger partial charge in [-0.15, -0.1) is 0 Å². The standard InChI is InChI=1S/C18H17NO2/c20-18(19-21)11-7-13-6-9-17-15(12-13)8-10-16(17)14-4-2-1-3-5-14/h1-6,8-10,12,16,21H,7,11H2,(H,19,20). The number of benzene rings is 2. The van der Waals surface area contributed by atoms with Crippen molar-refractivity contribution < 1.29 is 10.0 Å². The Kier molecular flexibility index (Phi) is 3.84. The van der Waals surface area contributed by atoms with Gasteiger partial charge in [-0.2, -0.15) is 0 Å². The number of hydrogen-bond donors (Lipinski definition) is 2. The summed E-state index contributed by atoms with van der Waals surface area (Å²) in [5.41, 5.74) is 6.58. The van der Waals surface area contributed by atoms with E-state index in [4.69, 9.17) is 5.21 Å². The highest BCUT2D eigenvalue weighted by Crippen LogP contribution is 2.35. The van der Waals surface area contributed by atoms with Crippen molar-refractivity contribution in [1.29, 1.82) is 0 Å². The maximum atomic E-state index is 11.1. The van der Waals surface area contributed by atoms with Crippen LogP contribution in [0.3, 0.4) is 0 Å². The van der Waals surface area contributed by atoms with Crippen molar-refractivity contribution in [3.63, 3.8) is 0 Å². The highest BCUT2D eigenvalue weighted by atomic mass is 16.5. The van der Waals surface area contributed by atoms with Crippen molar-refractivity contribution in [1.82, 2.24) is 5.48 Å². The van der Waals surface area contributed by atoms with E-state index in [2.05, 4.69) is 54.6 Å². The SMILES string of the molecule is O=C(CCc1ccc2c(c1)C=CC2c1ccccc1)NO. The highest BCUT2D eigenvalue weighted by molar-refractivity contribution is 5.75. The van der Waals surface area contributed by atoms with Gasteiger partial charge in [0.05, 0.1) is 0 Å². The fraction of sp³-hybridized carbons (Fsp3) is 0.167. The Hall–Kier alpha value is -2.39. The van der Waals surface area contributed by atoms with Crippen LogP contribution in [0, 0.1) is 0 Å². The van der Waals surface area contributed by atoms with Crippen LogP contribution in [0.5, 0.6) is 0 Å². The van der Waals surface area contributed by atoms with E-state index in [-0.39, 0.29) is 5.91 Å². The van der Waals surface area contributed by atoms with Gasteiger partial charge in [-0.25, -0.2) is 5.48 Å². The quantitative estimate of drug-likeness (QED) is 0.666. The maximum absolute atomic E-state index is 11.1. The van der Waals surface area contributed by atoms with E-state index < -0.39 is 0 Å². The molecule has 0 bridgehead atoms. The minimum Gasteiger partial charge on any atom is -0.289 e. The third-order valence-corrected chi connectivity index (χ3v) is 3.88. The molecule has 0 spiro atoms. The minimum atomic E-state index is -0.354. The summed E-state index contributed by atoms with van der Waals surface area (Å²) in [6.07, 6.45) is 5.28. The molecule has 2 aromatic carbocycles. The summed E-state index contributed by atoms with van der Waals surface area (Å²) >= 11 is 0. The molecule has 0 radical (unpaired) electrons. The number of aryl methyl sites for hydroxylation is 1. The van der Waals surface area contributed by atoms with Crippen LogP contribution in [0.15, 0.2) is 54.6 Å². The van der Waals surface area contributed by atoms with E-state index >= 15 is 0 Å². The third-order valence-electron chi connectivity index (χ3n) is 3.88. The number of carbonyl (C=O) groups is 1. The summed E-state index contributed by atoms with van der Waals surface area (Å²) in [6, 6.07) is 16.8. The number of allylic oxidation sites excluding steroid dienone is 1. The number of rotatable bonds is 4. The summed E-state index contributed by atoms with van der Waals surface area (Å²) in [7, 11) is 0. The molecule has 1 aliphatic carbocycles. The largest absolute Gasteiger partial charge is 0.289 e.